The quantitative estimate of drug-likeness (QED) is 0.417. The first-order valence-electron chi connectivity index (χ1n) is 10.5. The third-order valence-corrected chi connectivity index (χ3v) is 5.42. The Kier molecular flexibility index (Phi) is 6.42. The van der Waals surface area contributed by atoms with Crippen LogP contribution in [0.1, 0.15) is 18.1 Å². The number of nitrogens with one attached hydrogen (secondary N) is 1. The van der Waals surface area contributed by atoms with Gasteiger partial charge in [0.25, 0.3) is 0 Å². The minimum Gasteiger partial charge on any atom is -0.468 e. The molecule has 0 aliphatic heterocycles. The fourth-order valence-electron chi connectivity index (χ4n) is 3.59. The summed E-state index contributed by atoms with van der Waals surface area (Å²) in [5, 5.41) is 11.7. The van der Waals surface area contributed by atoms with Gasteiger partial charge in [-0.15, -0.1) is 10.2 Å². The molecular weight excluding hydrogens is 402 g/mol. The molecular formula is C26H25N3O3. The lowest BCUT2D eigenvalue weighted by molar-refractivity contribution is -0.142. The van der Waals surface area contributed by atoms with E-state index >= 15 is 0 Å². The molecule has 4 rings (SSSR count). The number of hydrogen-bond donors (Lipinski definition) is 1. The van der Waals surface area contributed by atoms with Crippen LogP contribution in [0.3, 0.4) is 0 Å². The largest absolute Gasteiger partial charge is 0.468 e. The van der Waals surface area contributed by atoms with Crippen LogP contribution in [-0.2, 0) is 16.1 Å². The van der Waals surface area contributed by atoms with E-state index in [0.29, 0.717) is 18.3 Å². The molecule has 0 aliphatic carbocycles. The molecule has 6 heteroatoms. The van der Waals surface area contributed by atoms with Gasteiger partial charge in [0.1, 0.15) is 6.04 Å². The average Bonchev–Trinajstić information content (AvgIpc) is 3.33. The highest BCUT2D eigenvalue weighted by Crippen LogP contribution is 2.32. The highest BCUT2D eigenvalue weighted by Gasteiger charge is 2.16. The fourth-order valence-corrected chi connectivity index (χ4v) is 3.59. The summed E-state index contributed by atoms with van der Waals surface area (Å²) in [7, 11) is 1.38. The molecule has 3 aromatic carbocycles. The topological polar surface area (TPSA) is 77.2 Å². The molecule has 1 atom stereocenters. The molecule has 6 nitrogen and oxygen atoms in total. The van der Waals surface area contributed by atoms with Crippen molar-refractivity contribution in [3.63, 3.8) is 0 Å². The first kappa shape index (κ1) is 21.5. The molecule has 1 N–H and O–H groups in total. The number of carbonyl (C=O) groups is 1. The highest BCUT2D eigenvalue weighted by molar-refractivity contribution is 5.76. The molecule has 0 fully saturated rings. The molecule has 0 saturated carbocycles. The predicted octanol–water partition coefficient (Wildman–Crippen LogP) is 5.03. The zero-order chi connectivity index (χ0) is 22.5. The maximum Gasteiger partial charge on any atom is 0.322 e. The highest BCUT2D eigenvalue weighted by atomic mass is 16.5. The number of carbonyl (C=O) groups excluding carboxylic acids is 1. The second kappa shape index (κ2) is 9.58. The SMILES string of the molecule is COC(=O)[C@H](C)NCc1cccc(-c2nnc(-c3cccc(-c4ccccc4)c3C)o2)c1. The van der Waals surface area contributed by atoms with Crippen LogP contribution < -0.4 is 5.32 Å². The van der Waals surface area contributed by atoms with E-state index < -0.39 is 6.04 Å². The van der Waals surface area contributed by atoms with Crippen LogP contribution in [0.4, 0.5) is 0 Å². The van der Waals surface area contributed by atoms with Crippen molar-refractivity contribution in [2.75, 3.05) is 7.11 Å². The van der Waals surface area contributed by atoms with Crippen molar-refractivity contribution in [3.05, 3.63) is 83.9 Å². The number of esters is 1. The first-order chi connectivity index (χ1) is 15.6. The van der Waals surface area contributed by atoms with Gasteiger partial charge in [0.05, 0.1) is 7.11 Å². The monoisotopic (exact) mass is 427 g/mol. The van der Waals surface area contributed by atoms with E-state index in [9.17, 15) is 4.79 Å². The van der Waals surface area contributed by atoms with Crippen LogP contribution in [0.5, 0.6) is 0 Å². The Bertz CT molecular complexity index is 1220. The Morgan fingerprint density at radius 1 is 0.938 bits per heavy atom. The van der Waals surface area contributed by atoms with Crippen LogP contribution in [0, 0.1) is 6.92 Å². The second-order valence-corrected chi connectivity index (χ2v) is 7.58. The van der Waals surface area contributed by atoms with Crippen molar-refractivity contribution in [2.45, 2.75) is 26.4 Å². The molecule has 0 saturated heterocycles. The van der Waals surface area contributed by atoms with Crippen LogP contribution in [0.25, 0.3) is 34.0 Å². The Balaban J connectivity index is 1.57. The van der Waals surface area contributed by atoms with E-state index in [1.54, 1.807) is 6.92 Å². The lowest BCUT2D eigenvalue weighted by atomic mass is 9.96. The first-order valence-corrected chi connectivity index (χ1v) is 10.5. The van der Waals surface area contributed by atoms with Gasteiger partial charge < -0.3 is 14.5 Å². The summed E-state index contributed by atoms with van der Waals surface area (Å²) < 4.78 is 10.8. The number of benzene rings is 3. The van der Waals surface area contributed by atoms with E-state index in [1.165, 1.54) is 7.11 Å². The molecule has 1 aromatic heterocycles. The summed E-state index contributed by atoms with van der Waals surface area (Å²) in [6.07, 6.45) is 0. The van der Waals surface area contributed by atoms with Gasteiger partial charge in [-0.3, -0.25) is 4.79 Å². The minimum atomic E-state index is -0.390. The summed E-state index contributed by atoms with van der Waals surface area (Å²) in [5.41, 5.74) is 6.10. The molecule has 162 valence electrons. The third-order valence-electron chi connectivity index (χ3n) is 5.42. The van der Waals surface area contributed by atoms with E-state index in [1.807, 2.05) is 54.6 Å². The molecule has 0 aliphatic rings. The van der Waals surface area contributed by atoms with Gasteiger partial charge in [-0.25, -0.2) is 0 Å². The maximum absolute atomic E-state index is 11.6. The van der Waals surface area contributed by atoms with Crippen molar-refractivity contribution in [1.82, 2.24) is 15.5 Å². The smallest absolute Gasteiger partial charge is 0.322 e. The molecule has 0 amide bonds. The summed E-state index contributed by atoms with van der Waals surface area (Å²) >= 11 is 0. The van der Waals surface area contributed by atoms with Crippen LogP contribution in [0.15, 0.2) is 77.2 Å². The predicted molar refractivity (Wildman–Crippen MR) is 124 cm³/mol. The molecule has 0 bridgehead atoms. The Hall–Kier alpha value is -3.77. The Morgan fingerprint density at radius 3 is 2.41 bits per heavy atom. The number of methoxy groups -OCH3 is 1. The van der Waals surface area contributed by atoms with Crippen molar-refractivity contribution in [1.29, 1.82) is 0 Å². The van der Waals surface area contributed by atoms with Gasteiger partial charge in [-0.2, -0.15) is 0 Å². The van der Waals surface area contributed by atoms with Crippen molar-refractivity contribution >= 4 is 5.97 Å². The van der Waals surface area contributed by atoms with Crippen molar-refractivity contribution in [2.24, 2.45) is 0 Å². The molecule has 32 heavy (non-hydrogen) atoms. The number of aromatic nitrogens is 2. The van der Waals surface area contributed by atoms with E-state index in [2.05, 4.69) is 40.6 Å². The lowest BCUT2D eigenvalue weighted by Crippen LogP contribution is -2.34. The Labute approximate surface area is 187 Å². The summed E-state index contributed by atoms with van der Waals surface area (Å²) in [4.78, 5) is 11.6. The van der Waals surface area contributed by atoms with Crippen LogP contribution in [0.2, 0.25) is 0 Å². The second-order valence-electron chi connectivity index (χ2n) is 7.58. The standard InChI is InChI=1S/C26H25N3O3/c1-17-22(20-10-5-4-6-11-20)13-8-14-23(17)25-29-28-24(32-25)21-12-7-9-19(15-21)16-27-18(2)26(30)31-3/h4-15,18,27H,16H2,1-3H3/t18-/m0/s1. The minimum absolute atomic E-state index is 0.296. The molecule has 4 aromatic rings. The number of hydrogen-bond acceptors (Lipinski definition) is 6. The summed E-state index contributed by atoms with van der Waals surface area (Å²) in [6, 6.07) is 23.8. The number of ether oxygens (including phenoxy) is 1. The van der Waals surface area contributed by atoms with Gasteiger partial charge in [0.2, 0.25) is 11.8 Å². The molecule has 0 radical (unpaired) electrons. The molecule has 0 unspecified atom stereocenters. The normalized spacial score (nSPS) is 11.8. The van der Waals surface area contributed by atoms with Crippen molar-refractivity contribution < 1.29 is 13.9 Å². The zero-order valence-electron chi connectivity index (χ0n) is 18.3. The van der Waals surface area contributed by atoms with Gasteiger partial charge in [-0.05, 0) is 54.3 Å². The fraction of sp³-hybridized carbons (Fsp3) is 0.192. The van der Waals surface area contributed by atoms with Gasteiger partial charge in [0.15, 0.2) is 0 Å². The summed E-state index contributed by atoms with van der Waals surface area (Å²) in [5.74, 6) is 0.640. The van der Waals surface area contributed by atoms with E-state index in [0.717, 1.165) is 33.4 Å². The van der Waals surface area contributed by atoms with Crippen LogP contribution in [-0.4, -0.2) is 29.3 Å². The third kappa shape index (κ3) is 4.60. The van der Waals surface area contributed by atoms with E-state index in [4.69, 9.17) is 9.15 Å². The lowest BCUT2D eigenvalue weighted by Gasteiger charge is -2.11. The van der Waals surface area contributed by atoms with Gasteiger partial charge in [-0.1, -0.05) is 54.6 Å². The summed E-state index contributed by atoms with van der Waals surface area (Å²) in [6.45, 7) is 4.35. The molecule has 1 heterocycles. The average molecular weight is 428 g/mol. The van der Waals surface area contributed by atoms with Crippen LogP contribution >= 0.6 is 0 Å². The maximum atomic E-state index is 11.6. The van der Waals surface area contributed by atoms with Gasteiger partial charge in [0, 0.05) is 17.7 Å². The Morgan fingerprint density at radius 2 is 1.62 bits per heavy atom. The van der Waals surface area contributed by atoms with Crippen molar-refractivity contribution in [3.8, 4) is 34.0 Å². The number of rotatable bonds is 7. The zero-order valence-corrected chi connectivity index (χ0v) is 18.3. The molecule has 0 spiro atoms. The van der Waals surface area contributed by atoms with Gasteiger partial charge >= 0.3 is 5.97 Å². The number of nitrogens with zero attached hydrogens (tertiary/aromatic N) is 2. The van der Waals surface area contributed by atoms with E-state index in [-0.39, 0.29) is 5.97 Å².